The molecule has 1 atom stereocenters. The Morgan fingerprint density at radius 2 is 1.81 bits per heavy atom. The fourth-order valence-electron chi connectivity index (χ4n) is 3.82. The fourth-order valence-corrected chi connectivity index (χ4v) is 3.82. The minimum atomic E-state index is -0.0431. The summed E-state index contributed by atoms with van der Waals surface area (Å²) in [6.07, 6.45) is 2.60. The molecule has 1 amide bonds. The summed E-state index contributed by atoms with van der Waals surface area (Å²) in [5, 5.41) is 0. The molecule has 1 aliphatic rings. The van der Waals surface area contributed by atoms with Crippen LogP contribution in [0.2, 0.25) is 0 Å². The van der Waals surface area contributed by atoms with E-state index in [1.165, 1.54) is 5.56 Å². The van der Waals surface area contributed by atoms with Crippen molar-refractivity contribution in [3.05, 3.63) is 84.2 Å². The largest absolute Gasteiger partial charge is 0.342 e. The molecule has 2 heterocycles. The van der Waals surface area contributed by atoms with Crippen molar-refractivity contribution < 1.29 is 4.79 Å². The number of nitrogens with zero attached hydrogens (tertiary/aromatic N) is 3. The number of pyridine rings is 1. The number of hydrogen-bond donors (Lipinski definition) is 0. The van der Waals surface area contributed by atoms with Crippen LogP contribution in [0.15, 0.2) is 72.9 Å². The van der Waals surface area contributed by atoms with E-state index in [2.05, 4.69) is 41.9 Å². The minimum absolute atomic E-state index is 0.0431. The number of rotatable bonds is 4. The normalized spacial score (nSPS) is 15.5. The molecule has 0 saturated carbocycles. The maximum absolute atomic E-state index is 13.3. The van der Waals surface area contributed by atoms with E-state index in [0.717, 1.165) is 30.0 Å². The van der Waals surface area contributed by atoms with Crippen molar-refractivity contribution >= 4 is 23.0 Å². The van der Waals surface area contributed by atoms with E-state index in [4.69, 9.17) is 0 Å². The highest BCUT2D eigenvalue weighted by Gasteiger charge is 2.32. The topological polar surface area (TPSA) is 36.4 Å². The van der Waals surface area contributed by atoms with E-state index >= 15 is 0 Å². The zero-order chi connectivity index (χ0) is 18.8. The molecule has 0 fully saturated rings. The van der Waals surface area contributed by atoms with Gasteiger partial charge in [-0.15, -0.1) is 0 Å². The molecule has 27 heavy (non-hydrogen) atoms. The van der Waals surface area contributed by atoms with E-state index in [1.807, 2.05) is 53.4 Å². The lowest BCUT2D eigenvalue weighted by Crippen LogP contribution is -2.36. The highest BCUT2D eigenvalue weighted by Crippen LogP contribution is 2.33. The molecule has 1 aliphatic heterocycles. The maximum Gasteiger partial charge on any atom is 0.277 e. The van der Waals surface area contributed by atoms with Gasteiger partial charge in [-0.05, 0) is 56.2 Å². The molecule has 4 rings (SSSR count). The van der Waals surface area contributed by atoms with Crippen molar-refractivity contribution in [1.82, 2.24) is 4.98 Å². The van der Waals surface area contributed by atoms with E-state index < -0.39 is 0 Å². The molecule has 3 aromatic rings. The third-order valence-electron chi connectivity index (χ3n) is 5.08. The lowest BCUT2D eigenvalue weighted by Gasteiger charge is -2.25. The maximum atomic E-state index is 13.3. The van der Waals surface area contributed by atoms with Crippen LogP contribution in [-0.2, 0) is 6.42 Å². The monoisotopic (exact) mass is 357 g/mol. The van der Waals surface area contributed by atoms with Gasteiger partial charge in [0.15, 0.2) is 0 Å². The van der Waals surface area contributed by atoms with Crippen LogP contribution in [-0.4, -0.2) is 23.5 Å². The summed E-state index contributed by atoms with van der Waals surface area (Å²) < 4.78 is 0. The standard InChI is InChI=1S/C23H23N3O/c1-3-25(19-10-5-4-6-11-19)20-13-14-24-21(16-20)23(27)26-17(2)15-18-9-7-8-12-22(18)26/h4-14,16-17H,3,15H2,1-2H3. The van der Waals surface area contributed by atoms with Crippen LogP contribution in [0, 0.1) is 0 Å². The first kappa shape index (κ1) is 17.3. The third-order valence-corrected chi connectivity index (χ3v) is 5.08. The predicted octanol–water partition coefficient (Wildman–Crippen LogP) is 4.83. The van der Waals surface area contributed by atoms with Gasteiger partial charge in [-0.1, -0.05) is 36.4 Å². The van der Waals surface area contributed by atoms with E-state index in [9.17, 15) is 4.79 Å². The summed E-state index contributed by atoms with van der Waals surface area (Å²) in [5.41, 5.74) is 4.77. The first-order valence-electron chi connectivity index (χ1n) is 9.39. The van der Waals surface area contributed by atoms with Crippen LogP contribution in [0.1, 0.15) is 29.9 Å². The molecule has 0 bridgehead atoms. The molecular formula is C23H23N3O. The number of anilines is 3. The Balaban J connectivity index is 1.68. The van der Waals surface area contributed by atoms with E-state index in [0.29, 0.717) is 5.69 Å². The van der Waals surface area contributed by atoms with Crippen LogP contribution < -0.4 is 9.80 Å². The molecule has 2 aromatic carbocycles. The second-order valence-corrected chi connectivity index (χ2v) is 6.84. The van der Waals surface area contributed by atoms with Crippen molar-refractivity contribution in [1.29, 1.82) is 0 Å². The zero-order valence-electron chi connectivity index (χ0n) is 15.7. The Labute approximate surface area is 160 Å². The van der Waals surface area contributed by atoms with Gasteiger partial charge in [0.2, 0.25) is 0 Å². The van der Waals surface area contributed by atoms with Gasteiger partial charge < -0.3 is 9.80 Å². The van der Waals surface area contributed by atoms with Crippen LogP contribution in [0.25, 0.3) is 0 Å². The van der Waals surface area contributed by atoms with Crippen LogP contribution in [0.3, 0.4) is 0 Å². The summed E-state index contributed by atoms with van der Waals surface area (Å²) in [4.78, 5) is 21.7. The molecule has 0 spiro atoms. The van der Waals surface area contributed by atoms with Gasteiger partial charge in [-0.2, -0.15) is 0 Å². The van der Waals surface area contributed by atoms with Gasteiger partial charge in [-0.25, -0.2) is 0 Å². The van der Waals surface area contributed by atoms with Gasteiger partial charge in [0, 0.05) is 35.8 Å². The van der Waals surface area contributed by atoms with Crippen molar-refractivity contribution in [3.63, 3.8) is 0 Å². The molecular weight excluding hydrogens is 334 g/mol. The van der Waals surface area contributed by atoms with Crippen molar-refractivity contribution in [2.24, 2.45) is 0 Å². The van der Waals surface area contributed by atoms with Gasteiger partial charge in [0.05, 0.1) is 0 Å². The smallest absolute Gasteiger partial charge is 0.277 e. The number of benzene rings is 2. The molecule has 1 unspecified atom stereocenters. The highest BCUT2D eigenvalue weighted by atomic mass is 16.2. The SMILES string of the molecule is CCN(c1ccccc1)c1ccnc(C(=O)N2c3ccccc3CC2C)c1. The Morgan fingerprint density at radius 3 is 2.59 bits per heavy atom. The first-order valence-corrected chi connectivity index (χ1v) is 9.39. The van der Waals surface area contributed by atoms with Crippen LogP contribution in [0.4, 0.5) is 17.1 Å². The molecule has 4 heteroatoms. The van der Waals surface area contributed by atoms with Crippen molar-refractivity contribution in [2.75, 3.05) is 16.3 Å². The molecule has 0 saturated heterocycles. The molecule has 0 radical (unpaired) electrons. The number of fused-ring (bicyclic) bond motifs is 1. The number of carbonyl (C=O) groups excluding carboxylic acids is 1. The van der Waals surface area contributed by atoms with E-state index in [1.54, 1.807) is 6.20 Å². The molecule has 0 N–H and O–H groups in total. The van der Waals surface area contributed by atoms with Gasteiger partial charge in [0.25, 0.3) is 5.91 Å². The van der Waals surface area contributed by atoms with Crippen molar-refractivity contribution in [3.8, 4) is 0 Å². The zero-order valence-corrected chi connectivity index (χ0v) is 15.7. The summed E-state index contributed by atoms with van der Waals surface area (Å²) >= 11 is 0. The molecule has 4 nitrogen and oxygen atoms in total. The first-order chi connectivity index (χ1) is 13.2. The number of amides is 1. The number of para-hydroxylation sites is 2. The van der Waals surface area contributed by atoms with Gasteiger partial charge >= 0.3 is 0 Å². The second-order valence-electron chi connectivity index (χ2n) is 6.84. The Bertz CT molecular complexity index is 955. The quantitative estimate of drug-likeness (QED) is 0.671. The second kappa shape index (κ2) is 7.23. The fraction of sp³-hybridized carbons (Fsp3) is 0.217. The van der Waals surface area contributed by atoms with Gasteiger partial charge in [0.1, 0.15) is 5.69 Å². The molecule has 0 aliphatic carbocycles. The summed E-state index contributed by atoms with van der Waals surface area (Å²) in [6.45, 7) is 5.00. The number of aromatic nitrogens is 1. The minimum Gasteiger partial charge on any atom is -0.342 e. The number of carbonyl (C=O) groups is 1. The van der Waals surface area contributed by atoms with Crippen LogP contribution >= 0.6 is 0 Å². The Kier molecular flexibility index (Phi) is 4.63. The van der Waals surface area contributed by atoms with Crippen molar-refractivity contribution in [2.45, 2.75) is 26.3 Å². The van der Waals surface area contributed by atoms with Crippen LogP contribution in [0.5, 0.6) is 0 Å². The summed E-state index contributed by atoms with van der Waals surface area (Å²) in [6, 6.07) is 22.3. The molecule has 136 valence electrons. The molecule has 1 aromatic heterocycles. The highest BCUT2D eigenvalue weighted by molar-refractivity contribution is 6.07. The average molecular weight is 357 g/mol. The summed E-state index contributed by atoms with van der Waals surface area (Å²) in [7, 11) is 0. The lowest BCUT2D eigenvalue weighted by molar-refractivity contribution is 0.0976. The predicted molar refractivity (Wildman–Crippen MR) is 110 cm³/mol. The lowest BCUT2D eigenvalue weighted by atomic mass is 10.1. The average Bonchev–Trinajstić information content (AvgIpc) is 3.05. The Morgan fingerprint density at radius 1 is 1.07 bits per heavy atom. The van der Waals surface area contributed by atoms with Gasteiger partial charge in [-0.3, -0.25) is 9.78 Å². The third kappa shape index (κ3) is 3.19. The van der Waals surface area contributed by atoms with E-state index in [-0.39, 0.29) is 11.9 Å². The summed E-state index contributed by atoms with van der Waals surface area (Å²) in [5.74, 6) is -0.0431. The number of hydrogen-bond acceptors (Lipinski definition) is 3. The Hall–Kier alpha value is -3.14.